The van der Waals surface area contributed by atoms with Crippen molar-refractivity contribution in [2.45, 2.75) is 6.92 Å². The van der Waals surface area contributed by atoms with E-state index in [1.807, 2.05) is 19.3 Å². The van der Waals surface area contributed by atoms with Gasteiger partial charge in [-0.2, -0.15) is 0 Å². The molecule has 21 heavy (non-hydrogen) atoms. The first kappa shape index (κ1) is 13.8. The maximum atomic E-state index is 5.39. The van der Waals surface area contributed by atoms with Gasteiger partial charge in [-0.05, 0) is 30.7 Å². The van der Waals surface area contributed by atoms with Gasteiger partial charge >= 0.3 is 0 Å². The lowest BCUT2D eigenvalue weighted by Crippen LogP contribution is -2.36. The second-order valence-electron chi connectivity index (χ2n) is 5.12. The van der Waals surface area contributed by atoms with E-state index in [1.54, 1.807) is 0 Å². The molecule has 1 aromatic carbocycles. The van der Waals surface area contributed by atoms with E-state index in [4.69, 9.17) is 9.72 Å². The molecule has 1 aromatic heterocycles. The van der Waals surface area contributed by atoms with Gasteiger partial charge in [0.2, 0.25) is 0 Å². The molecule has 5 heteroatoms. The predicted octanol–water partition coefficient (Wildman–Crippen LogP) is 2.33. The molecule has 1 aliphatic rings. The van der Waals surface area contributed by atoms with E-state index in [0.717, 1.165) is 49.2 Å². The highest BCUT2D eigenvalue weighted by atomic mass is 16.5. The summed E-state index contributed by atoms with van der Waals surface area (Å²) in [6.45, 7) is 5.36. The van der Waals surface area contributed by atoms with Gasteiger partial charge in [0, 0.05) is 37.6 Å². The number of anilines is 2. The van der Waals surface area contributed by atoms with Crippen LogP contribution in [0.2, 0.25) is 0 Å². The molecular formula is C16H20N4O. The molecule has 1 saturated heterocycles. The summed E-state index contributed by atoms with van der Waals surface area (Å²) in [7, 11) is 1.92. The van der Waals surface area contributed by atoms with Gasteiger partial charge in [-0.3, -0.25) is 0 Å². The summed E-state index contributed by atoms with van der Waals surface area (Å²) in [6, 6.07) is 8.20. The lowest BCUT2D eigenvalue weighted by atomic mass is 10.1. The Balaban J connectivity index is 1.95. The molecule has 0 aliphatic carbocycles. The molecule has 1 N–H and O–H groups in total. The zero-order chi connectivity index (χ0) is 14.7. The number of benzene rings is 1. The first-order valence-corrected chi connectivity index (χ1v) is 7.22. The van der Waals surface area contributed by atoms with Gasteiger partial charge in [0.1, 0.15) is 5.82 Å². The lowest BCUT2D eigenvalue weighted by molar-refractivity contribution is 0.122. The Bertz CT molecular complexity index is 623. The summed E-state index contributed by atoms with van der Waals surface area (Å²) in [4.78, 5) is 11.4. The number of hydrogen-bond donors (Lipinski definition) is 1. The van der Waals surface area contributed by atoms with Crippen molar-refractivity contribution < 1.29 is 4.74 Å². The molecule has 110 valence electrons. The van der Waals surface area contributed by atoms with Gasteiger partial charge < -0.3 is 15.0 Å². The minimum Gasteiger partial charge on any atom is -0.388 e. The van der Waals surface area contributed by atoms with Crippen LogP contribution >= 0.6 is 0 Å². The van der Waals surface area contributed by atoms with E-state index in [9.17, 15) is 0 Å². The van der Waals surface area contributed by atoms with Crippen molar-refractivity contribution in [3.8, 4) is 11.4 Å². The molecule has 2 heterocycles. The van der Waals surface area contributed by atoms with Crippen LogP contribution in [0.4, 0.5) is 11.5 Å². The normalized spacial score (nSPS) is 15.0. The van der Waals surface area contributed by atoms with Crippen LogP contribution in [0.15, 0.2) is 30.5 Å². The quantitative estimate of drug-likeness (QED) is 0.937. The third-order valence-electron chi connectivity index (χ3n) is 3.74. The number of aryl methyl sites for hydroxylation is 1. The van der Waals surface area contributed by atoms with Gasteiger partial charge in [-0.15, -0.1) is 0 Å². The molecule has 0 radical (unpaired) electrons. The van der Waals surface area contributed by atoms with Crippen LogP contribution in [0.3, 0.4) is 0 Å². The molecule has 3 rings (SSSR count). The lowest BCUT2D eigenvalue weighted by Gasteiger charge is -2.27. The number of ether oxygens (including phenoxy) is 1. The van der Waals surface area contributed by atoms with E-state index >= 15 is 0 Å². The summed E-state index contributed by atoms with van der Waals surface area (Å²) < 4.78 is 5.39. The molecule has 0 unspecified atom stereocenters. The number of aromatic nitrogens is 2. The van der Waals surface area contributed by atoms with Crippen LogP contribution in [-0.4, -0.2) is 43.3 Å². The topological polar surface area (TPSA) is 50.3 Å². The zero-order valence-electron chi connectivity index (χ0n) is 12.5. The summed E-state index contributed by atoms with van der Waals surface area (Å²) in [6.07, 6.45) is 1.83. The molecule has 2 aromatic rings. The molecule has 1 fully saturated rings. The summed E-state index contributed by atoms with van der Waals surface area (Å²) in [5.74, 6) is 1.74. The Hall–Kier alpha value is -2.14. The Kier molecular flexibility index (Phi) is 4.01. The summed E-state index contributed by atoms with van der Waals surface area (Å²) >= 11 is 0. The second-order valence-corrected chi connectivity index (χ2v) is 5.12. The fourth-order valence-electron chi connectivity index (χ4n) is 2.47. The van der Waals surface area contributed by atoms with Crippen molar-refractivity contribution in [2.75, 3.05) is 43.6 Å². The van der Waals surface area contributed by atoms with Crippen LogP contribution in [0, 0.1) is 6.92 Å². The highest BCUT2D eigenvalue weighted by Crippen LogP contribution is 2.25. The van der Waals surface area contributed by atoms with Gasteiger partial charge in [0.15, 0.2) is 5.82 Å². The molecule has 0 atom stereocenters. The summed E-state index contributed by atoms with van der Waals surface area (Å²) in [5.41, 5.74) is 3.31. The van der Waals surface area contributed by atoms with Crippen LogP contribution in [0.1, 0.15) is 5.56 Å². The largest absolute Gasteiger partial charge is 0.388 e. The zero-order valence-corrected chi connectivity index (χ0v) is 12.5. The van der Waals surface area contributed by atoms with E-state index in [1.165, 1.54) is 5.56 Å². The van der Waals surface area contributed by atoms with Crippen molar-refractivity contribution in [3.05, 3.63) is 36.0 Å². The molecule has 0 amide bonds. The fraction of sp³-hybridized carbons (Fsp3) is 0.375. The maximum absolute atomic E-state index is 5.39. The van der Waals surface area contributed by atoms with E-state index in [-0.39, 0.29) is 0 Å². The van der Waals surface area contributed by atoms with E-state index in [2.05, 4.69) is 40.3 Å². The standard InChI is InChI=1S/C16H20N4O/c1-12-3-4-13(17-2)11-14(12)16-18-6-5-15(19-16)20-7-9-21-10-8-20/h3-6,11,17H,7-10H2,1-2H3. The number of morpholine rings is 1. The van der Waals surface area contributed by atoms with Crippen molar-refractivity contribution in [2.24, 2.45) is 0 Å². The van der Waals surface area contributed by atoms with Crippen molar-refractivity contribution >= 4 is 11.5 Å². The molecule has 0 bridgehead atoms. The van der Waals surface area contributed by atoms with Crippen molar-refractivity contribution in [1.29, 1.82) is 0 Å². The first-order chi connectivity index (χ1) is 10.3. The van der Waals surface area contributed by atoms with Crippen molar-refractivity contribution in [3.63, 3.8) is 0 Å². The minimum absolute atomic E-state index is 0.758. The molecule has 0 spiro atoms. The van der Waals surface area contributed by atoms with Gasteiger partial charge in [-0.25, -0.2) is 9.97 Å². The third kappa shape index (κ3) is 2.97. The average molecular weight is 284 g/mol. The Morgan fingerprint density at radius 1 is 1.19 bits per heavy atom. The summed E-state index contributed by atoms with van der Waals surface area (Å²) in [5, 5.41) is 3.16. The molecule has 1 aliphatic heterocycles. The Morgan fingerprint density at radius 3 is 2.76 bits per heavy atom. The monoisotopic (exact) mass is 284 g/mol. The molecule has 5 nitrogen and oxygen atoms in total. The van der Waals surface area contributed by atoms with Gasteiger partial charge in [-0.1, -0.05) is 6.07 Å². The number of hydrogen-bond acceptors (Lipinski definition) is 5. The molecular weight excluding hydrogens is 264 g/mol. The van der Waals surface area contributed by atoms with Crippen molar-refractivity contribution in [1.82, 2.24) is 9.97 Å². The number of nitrogens with zero attached hydrogens (tertiary/aromatic N) is 3. The second kappa shape index (κ2) is 6.10. The maximum Gasteiger partial charge on any atom is 0.161 e. The Labute approximate surface area is 125 Å². The van der Waals surface area contributed by atoms with Crippen LogP contribution < -0.4 is 10.2 Å². The number of rotatable bonds is 3. The van der Waals surface area contributed by atoms with Crippen LogP contribution in [0.5, 0.6) is 0 Å². The smallest absolute Gasteiger partial charge is 0.161 e. The van der Waals surface area contributed by atoms with Crippen LogP contribution in [-0.2, 0) is 4.74 Å². The predicted molar refractivity (Wildman–Crippen MR) is 84.8 cm³/mol. The van der Waals surface area contributed by atoms with Gasteiger partial charge in [0.25, 0.3) is 0 Å². The Morgan fingerprint density at radius 2 is 2.00 bits per heavy atom. The van der Waals surface area contributed by atoms with Gasteiger partial charge in [0.05, 0.1) is 13.2 Å². The number of nitrogens with one attached hydrogen (secondary N) is 1. The third-order valence-corrected chi connectivity index (χ3v) is 3.74. The highest BCUT2D eigenvalue weighted by Gasteiger charge is 2.14. The fourth-order valence-corrected chi connectivity index (χ4v) is 2.47. The SMILES string of the molecule is CNc1ccc(C)c(-c2nccc(N3CCOCC3)n2)c1. The first-order valence-electron chi connectivity index (χ1n) is 7.22. The van der Waals surface area contributed by atoms with Crippen LogP contribution in [0.25, 0.3) is 11.4 Å². The minimum atomic E-state index is 0.758. The van der Waals surface area contributed by atoms with E-state index in [0.29, 0.717) is 0 Å². The highest BCUT2D eigenvalue weighted by molar-refractivity contribution is 5.67. The van der Waals surface area contributed by atoms with E-state index < -0.39 is 0 Å². The molecule has 0 saturated carbocycles. The average Bonchev–Trinajstić information content (AvgIpc) is 2.56.